The van der Waals surface area contributed by atoms with E-state index in [9.17, 15) is 9.59 Å². The molecular weight excluding hydrogens is 314 g/mol. The molecule has 0 bridgehead atoms. The molecule has 0 aliphatic carbocycles. The third kappa shape index (κ3) is 3.76. The van der Waals surface area contributed by atoms with Crippen molar-refractivity contribution in [2.75, 3.05) is 0 Å². The molecule has 5 heteroatoms. The topological polar surface area (TPSA) is 64.0 Å². The fourth-order valence-corrected chi connectivity index (χ4v) is 2.84. The lowest BCUT2D eigenvalue weighted by molar-refractivity contribution is -0.122. The van der Waals surface area contributed by atoms with Gasteiger partial charge in [0.2, 0.25) is 11.3 Å². The maximum atomic E-state index is 12.4. The van der Waals surface area contributed by atoms with Crippen LogP contribution in [0.3, 0.4) is 0 Å². The Labute approximate surface area is 146 Å². The molecule has 128 valence electrons. The Morgan fingerprint density at radius 1 is 1.16 bits per heavy atom. The molecule has 1 heterocycles. The van der Waals surface area contributed by atoms with Crippen molar-refractivity contribution in [2.24, 2.45) is 0 Å². The van der Waals surface area contributed by atoms with E-state index in [0.717, 1.165) is 12.0 Å². The van der Waals surface area contributed by atoms with Crippen molar-refractivity contribution >= 4 is 16.8 Å². The Kier molecular flexibility index (Phi) is 4.93. The molecule has 1 amide bonds. The summed E-state index contributed by atoms with van der Waals surface area (Å²) in [6.07, 6.45) is 2.24. The normalized spacial score (nSPS) is 12.1. The van der Waals surface area contributed by atoms with E-state index in [1.807, 2.05) is 25.1 Å². The minimum Gasteiger partial charge on any atom is -0.348 e. The summed E-state index contributed by atoms with van der Waals surface area (Å²) in [6, 6.07) is 15.3. The van der Waals surface area contributed by atoms with Crippen LogP contribution < -0.4 is 10.7 Å². The number of para-hydroxylation sites is 1. The van der Waals surface area contributed by atoms with Gasteiger partial charge in [0, 0.05) is 5.39 Å². The standard InChI is InChI=1S/C20H21N3O2/c1-3-15-8-10-16(11-9-15)14(2)22-20(25)13-23-18-7-5-4-6-17(18)19(24)12-21-23/h4-12,14H,3,13H2,1-2H3,(H,22,25). The van der Waals surface area contributed by atoms with E-state index in [4.69, 9.17) is 0 Å². The van der Waals surface area contributed by atoms with Gasteiger partial charge in [0.1, 0.15) is 6.54 Å². The summed E-state index contributed by atoms with van der Waals surface area (Å²) < 4.78 is 1.55. The van der Waals surface area contributed by atoms with E-state index >= 15 is 0 Å². The number of amides is 1. The largest absolute Gasteiger partial charge is 0.348 e. The predicted molar refractivity (Wildman–Crippen MR) is 98.4 cm³/mol. The fraction of sp³-hybridized carbons (Fsp3) is 0.250. The van der Waals surface area contributed by atoms with Crippen molar-refractivity contribution in [1.29, 1.82) is 0 Å². The first kappa shape index (κ1) is 16.9. The molecule has 0 saturated heterocycles. The molecule has 3 rings (SSSR count). The number of hydrogen-bond acceptors (Lipinski definition) is 3. The van der Waals surface area contributed by atoms with Gasteiger partial charge in [-0.25, -0.2) is 0 Å². The van der Waals surface area contributed by atoms with Gasteiger partial charge >= 0.3 is 0 Å². The Morgan fingerprint density at radius 3 is 2.60 bits per heavy atom. The van der Waals surface area contributed by atoms with Crippen molar-refractivity contribution in [2.45, 2.75) is 32.9 Å². The van der Waals surface area contributed by atoms with Gasteiger partial charge in [0.05, 0.1) is 17.8 Å². The van der Waals surface area contributed by atoms with Crippen LogP contribution in [0.5, 0.6) is 0 Å². The Balaban J connectivity index is 1.74. The van der Waals surface area contributed by atoms with Gasteiger partial charge in [-0.2, -0.15) is 5.10 Å². The number of carbonyl (C=O) groups is 1. The monoisotopic (exact) mass is 335 g/mol. The average Bonchev–Trinajstić information content (AvgIpc) is 2.64. The van der Waals surface area contributed by atoms with Gasteiger partial charge in [0.25, 0.3) is 0 Å². The molecule has 0 aliphatic heterocycles. The minimum atomic E-state index is -0.145. The molecule has 0 spiro atoms. The average molecular weight is 335 g/mol. The number of fused-ring (bicyclic) bond motifs is 1. The van der Waals surface area contributed by atoms with Crippen LogP contribution >= 0.6 is 0 Å². The maximum Gasteiger partial charge on any atom is 0.242 e. The van der Waals surface area contributed by atoms with Crippen molar-refractivity contribution < 1.29 is 4.79 Å². The molecule has 0 fully saturated rings. The highest BCUT2D eigenvalue weighted by molar-refractivity contribution is 5.81. The van der Waals surface area contributed by atoms with Gasteiger partial charge in [-0.05, 0) is 36.6 Å². The molecule has 1 atom stereocenters. The lowest BCUT2D eigenvalue weighted by Gasteiger charge is -2.16. The Hall–Kier alpha value is -2.95. The lowest BCUT2D eigenvalue weighted by Crippen LogP contribution is -2.31. The molecule has 1 N–H and O–H groups in total. The van der Waals surface area contributed by atoms with Gasteiger partial charge < -0.3 is 5.32 Å². The second-order valence-electron chi connectivity index (χ2n) is 6.07. The summed E-state index contributed by atoms with van der Waals surface area (Å²) >= 11 is 0. The molecule has 1 unspecified atom stereocenters. The van der Waals surface area contributed by atoms with Crippen LogP contribution in [0.15, 0.2) is 59.5 Å². The quantitative estimate of drug-likeness (QED) is 0.780. The number of rotatable bonds is 5. The number of benzene rings is 2. The van der Waals surface area contributed by atoms with Crippen LogP contribution in [-0.2, 0) is 17.8 Å². The van der Waals surface area contributed by atoms with Gasteiger partial charge in [-0.1, -0.05) is 43.3 Å². The first-order valence-electron chi connectivity index (χ1n) is 8.41. The highest BCUT2D eigenvalue weighted by atomic mass is 16.2. The zero-order valence-corrected chi connectivity index (χ0v) is 14.4. The second-order valence-corrected chi connectivity index (χ2v) is 6.07. The minimum absolute atomic E-state index is 0.0676. The number of carbonyl (C=O) groups excluding carboxylic acids is 1. The highest BCUT2D eigenvalue weighted by Gasteiger charge is 2.12. The number of hydrogen-bond donors (Lipinski definition) is 1. The summed E-state index contributed by atoms with van der Waals surface area (Å²) in [5.74, 6) is -0.145. The first-order valence-corrected chi connectivity index (χ1v) is 8.41. The van der Waals surface area contributed by atoms with Crippen molar-refractivity contribution in [3.8, 4) is 0 Å². The second kappa shape index (κ2) is 7.30. The van der Waals surface area contributed by atoms with Crippen molar-refractivity contribution in [3.63, 3.8) is 0 Å². The number of nitrogens with zero attached hydrogens (tertiary/aromatic N) is 2. The molecule has 5 nitrogen and oxygen atoms in total. The van der Waals surface area contributed by atoms with E-state index in [1.165, 1.54) is 11.8 Å². The highest BCUT2D eigenvalue weighted by Crippen LogP contribution is 2.14. The maximum absolute atomic E-state index is 12.4. The Morgan fingerprint density at radius 2 is 1.88 bits per heavy atom. The number of aryl methyl sites for hydroxylation is 1. The zero-order chi connectivity index (χ0) is 17.8. The molecule has 1 aromatic heterocycles. The van der Waals surface area contributed by atoms with Crippen LogP contribution in [0.2, 0.25) is 0 Å². The van der Waals surface area contributed by atoms with E-state index < -0.39 is 0 Å². The zero-order valence-electron chi connectivity index (χ0n) is 14.4. The third-order valence-electron chi connectivity index (χ3n) is 4.32. The van der Waals surface area contributed by atoms with Crippen LogP contribution in [0.4, 0.5) is 0 Å². The van der Waals surface area contributed by atoms with Gasteiger partial charge in [-0.15, -0.1) is 0 Å². The molecule has 0 aliphatic rings. The van der Waals surface area contributed by atoms with Crippen molar-refractivity contribution in [3.05, 3.63) is 76.1 Å². The lowest BCUT2D eigenvalue weighted by atomic mass is 10.1. The summed E-state index contributed by atoms with van der Waals surface area (Å²) in [5, 5.41) is 7.64. The predicted octanol–water partition coefficient (Wildman–Crippen LogP) is 2.84. The summed E-state index contributed by atoms with van der Waals surface area (Å²) in [6.45, 7) is 4.13. The molecule has 3 aromatic rings. The molecule has 2 aromatic carbocycles. The van der Waals surface area contributed by atoms with Crippen LogP contribution in [-0.4, -0.2) is 15.7 Å². The van der Waals surface area contributed by atoms with Crippen LogP contribution in [0.1, 0.15) is 31.0 Å². The third-order valence-corrected chi connectivity index (χ3v) is 4.32. The smallest absolute Gasteiger partial charge is 0.242 e. The summed E-state index contributed by atoms with van der Waals surface area (Å²) in [5.41, 5.74) is 2.84. The summed E-state index contributed by atoms with van der Waals surface area (Å²) in [4.78, 5) is 24.3. The summed E-state index contributed by atoms with van der Waals surface area (Å²) in [7, 11) is 0. The molecule has 0 radical (unpaired) electrons. The van der Waals surface area contributed by atoms with Crippen molar-refractivity contribution in [1.82, 2.24) is 15.1 Å². The van der Waals surface area contributed by atoms with E-state index in [0.29, 0.717) is 10.9 Å². The molecular formula is C20H21N3O2. The van der Waals surface area contributed by atoms with Gasteiger partial charge in [-0.3, -0.25) is 14.3 Å². The van der Waals surface area contributed by atoms with Crippen LogP contribution in [0.25, 0.3) is 10.9 Å². The van der Waals surface area contributed by atoms with E-state index in [2.05, 4.69) is 29.5 Å². The number of aromatic nitrogens is 2. The van der Waals surface area contributed by atoms with Gasteiger partial charge in [0.15, 0.2) is 0 Å². The molecule has 25 heavy (non-hydrogen) atoms. The number of nitrogens with one attached hydrogen (secondary N) is 1. The molecule has 0 saturated carbocycles. The Bertz CT molecular complexity index is 945. The van der Waals surface area contributed by atoms with Crippen LogP contribution in [0, 0.1) is 0 Å². The first-order chi connectivity index (χ1) is 12.1. The van der Waals surface area contributed by atoms with E-state index in [1.54, 1.807) is 22.9 Å². The fourth-order valence-electron chi connectivity index (χ4n) is 2.84. The van der Waals surface area contributed by atoms with E-state index in [-0.39, 0.29) is 23.9 Å². The SMILES string of the molecule is CCc1ccc(C(C)NC(=O)Cn2ncc(=O)c3ccccc32)cc1.